The first-order valence-electron chi connectivity index (χ1n) is 5.47. The molecule has 0 aromatic heterocycles. The molecular formula is C14H9BrClFN2. The Balaban J connectivity index is 2.13. The van der Waals surface area contributed by atoms with Gasteiger partial charge >= 0.3 is 0 Å². The molecule has 0 saturated carbocycles. The van der Waals surface area contributed by atoms with Gasteiger partial charge in [-0.1, -0.05) is 17.7 Å². The quantitative estimate of drug-likeness (QED) is 0.878. The summed E-state index contributed by atoms with van der Waals surface area (Å²) in [5, 5.41) is 12.4. The molecule has 96 valence electrons. The minimum Gasteiger partial charge on any atom is -0.380 e. The van der Waals surface area contributed by atoms with Gasteiger partial charge in [-0.15, -0.1) is 0 Å². The lowest BCUT2D eigenvalue weighted by Gasteiger charge is -2.10. The zero-order valence-electron chi connectivity index (χ0n) is 9.75. The maximum absolute atomic E-state index is 12.9. The van der Waals surface area contributed by atoms with Crippen LogP contribution in [-0.2, 0) is 6.54 Å². The molecule has 0 heterocycles. The van der Waals surface area contributed by atoms with Crippen molar-refractivity contribution < 1.29 is 4.39 Å². The summed E-state index contributed by atoms with van der Waals surface area (Å²) in [6.07, 6.45) is 0. The zero-order valence-corrected chi connectivity index (χ0v) is 12.1. The third-order valence-corrected chi connectivity index (χ3v) is 3.59. The molecular weight excluding hydrogens is 331 g/mol. The Hall–Kier alpha value is -1.57. The summed E-state index contributed by atoms with van der Waals surface area (Å²) in [7, 11) is 0. The van der Waals surface area contributed by atoms with Gasteiger partial charge in [0.1, 0.15) is 5.82 Å². The van der Waals surface area contributed by atoms with Gasteiger partial charge in [0.05, 0.1) is 11.6 Å². The fourth-order valence-electron chi connectivity index (χ4n) is 1.58. The van der Waals surface area contributed by atoms with Crippen molar-refractivity contribution in [2.45, 2.75) is 6.54 Å². The van der Waals surface area contributed by atoms with Crippen LogP contribution in [0.5, 0.6) is 0 Å². The fraction of sp³-hybridized carbons (Fsp3) is 0.0714. The number of hydrogen-bond donors (Lipinski definition) is 1. The number of nitrogens with one attached hydrogen (secondary N) is 1. The number of hydrogen-bond acceptors (Lipinski definition) is 2. The topological polar surface area (TPSA) is 35.8 Å². The van der Waals surface area contributed by atoms with Crippen LogP contribution in [0, 0.1) is 17.1 Å². The van der Waals surface area contributed by atoms with Crippen LogP contribution in [0.3, 0.4) is 0 Å². The summed E-state index contributed by atoms with van der Waals surface area (Å²) >= 11 is 9.36. The second-order valence-electron chi connectivity index (χ2n) is 3.90. The van der Waals surface area contributed by atoms with Gasteiger partial charge < -0.3 is 5.32 Å². The predicted octanol–water partition coefficient (Wildman–Crippen LogP) is 4.73. The molecule has 0 spiro atoms. The first-order valence-corrected chi connectivity index (χ1v) is 6.64. The lowest BCUT2D eigenvalue weighted by Crippen LogP contribution is -2.01. The van der Waals surface area contributed by atoms with Crippen molar-refractivity contribution in [3.05, 3.63) is 62.8 Å². The molecule has 0 unspecified atom stereocenters. The summed E-state index contributed by atoms with van der Waals surface area (Å²) in [6, 6.07) is 11.6. The van der Waals surface area contributed by atoms with Crippen LogP contribution in [0.15, 0.2) is 40.9 Å². The highest BCUT2D eigenvalue weighted by Gasteiger charge is 2.04. The average Bonchev–Trinajstić information content (AvgIpc) is 2.39. The number of rotatable bonds is 3. The van der Waals surface area contributed by atoms with E-state index in [9.17, 15) is 4.39 Å². The molecule has 0 atom stereocenters. The van der Waals surface area contributed by atoms with Crippen LogP contribution in [0.25, 0.3) is 0 Å². The van der Waals surface area contributed by atoms with Crippen molar-refractivity contribution in [1.82, 2.24) is 0 Å². The molecule has 0 aliphatic heterocycles. The van der Waals surface area contributed by atoms with E-state index in [0.29, 0.717) is 21.6 Å². The van der Waals surface area contributed by atoms with Gasteiger partial charge in [-0.3, -0.25) is 0 Å². The van der Waals surface area contributed by atoms with E-state index in [1.807, 2.05) is 6.07 Å². The molecule has 2 aromatic rings. The molecule has 1 N–H and O–H groups in total. The van der Waals surface area contributed by atoms with Gasteiger partial charge in [0.2, 0.25) is 0 Å². The Kier molecular flexibility index (Phi) is 4.41. The largest absolute Gasteiger partial charge is 0.380 e. The molecule has 19 heavy (non-hydrogen) atoms. The summed E-state index contributed by atoms with van der Waals surface area (Å²) in [5.74, 6) is -0.297. The van der Waals surface area contributed by atoms with Crippen LogP contribution in [0.1, 0.15) is 11.1 Å². The first-order chi connectivity index (χ1) is 9.10. The summed E-state index contributed by atoms with van der Waals surface area (Å²) in [6.45, 7) is 0.495. The molecule has 0 saturated heterocycles. The van der Waals surface area contributed by atoms with Crippen LogP contribution in [0.2, 0.25) is 5.02 Å². The van der Waals surface area contributed by atoms with Gasteiger partial charge in [-0.2, -0.15) is 5.26 Å². The van der Waals surface area contributed by atoms with E-state index in [0.717, 1.165) is 11.3 Å². The number of halogens is 3. The van der Waals surface area contributed by atoms with Crippen LogP contribution in [0.4, 0.5) is 10.1 Å². The van der Waals surface area contributed by atoms with Crippen molar-refractivity contribution in [3.63, 3.8) is 0 Å². The summed E-state index contributed by atoms with van der Waals surface area (Å²) in [4.78, 5) is 0. The van der Waals surface area contributed by atoms with Gasteiger partial charge in [-0.05, 0) is 51.8 Å². The lowest BCUT2D eigenvalue weighted by molar-refractivity contribution is 0.627. The third-order valence-electron chi connectivity index (χ3n) is 2.58. The first kappa shape index (κ1) is 13.9. The van der Waals surface area contributed by atoms with Crippen molar-refractivity contribution in [2.24, 2.45) is 0 Å². The minimum absolute atomic E-state index is 0.297. The number of benzene rings is 2. The standard InChI is InChI=1S/C14H9BrClFN2/c15-12-6-11(17)3-4-14(12)19-8-10-2-1-9(7-18)5-13(10)16/h1-6,19H,8H2. The highest BCUT2D eigenvalue weighted by atomic mass is 79.9. The van der Waals surface area contributed by atoms with Crippen LogP contribution in [-0.4, -0.2) is 0 Å². The molecule has 0 amide bonds. The van der Waals surface area contributed by atoms with Crippen molar-refractivity contribution in [2.75, 3.05) is 5.32 Å². The Labute approximate surface area is 123 Å². The van der Waals surface area contributed by atoms with Crippen molar-refractivity contribution in [1.29, 1.82) is 5.26 Å². The second kappa shape index (κ2) is 6.05. The van der Waals surface area contributed by atoms with E-state index < -0.39 is 0 Å². The smallest absolute Gasteiger partial charge is 0.124 e. The average molecular weight is 340 g/mol. The number of nitrogens with zero attached hydrogens (tertiary/aromatic N) is 1. The SMILES string of the molecule is N#Cc1ccc(CNc2ccc(F)cc2Br)c(Cl)c1. The van der Waals surface area contributed by atoms with Gasteiger partial charge in [0.25, 0.3) is 0 Å². The highest BCUT2D eigenvalue weighted by molar-refractivity contribution is 9.10. The molecule has 0 aliphatic rings. The Morgan fingerprint density at radius 1 is 1.26 bits per heavy atom. The summed E-state index contributed by atoms with van der Waals surface area (Å²) < 4.78 is 13.6. The zero-order chi connectivity index (χ0) is 13.8. The molecule has 5 heteroatoms. The Morgan fingerprint density at radius 2 is 2.05 bits per heavy atom. The number of nitriles is 1. The van der Waals surface area contributed by atoms with Crippen molar-refractivity contribution >= 4 is 33.2 Å². The minimum atomic E-state index is -0.297. The Morgan fingerprint density at radius 3 is 2.68 bits per heavy atom. The van der Waals surface area contributed by atoms with Gasteiger partial charge in [0, 0.05) is 21.7 Å². The third kappa shape index (κ3) is 3.46. The van der Waals surface area contributed by atoms with Gasteiger partial charge in [0.15, 0.2) is 0 Å². The Bertz CT molecular complexity index is 652. The maximum Gasteiger partial charge on any atom is 0.124 e. The van der Waals surface area contributed by atoms with E-state index in [1.54, 1.807) is 24.3 Å². The van der Waals surface area contributed by atoms with E-state index >= 15 is 0 Å². The molecule has 2 aromatic carbocycles. The molecule has 2 nitrogen and oxygen atoms in total. The predicted molar refractivity (Wildman–Crippen MR) is 77.6 cm³/mol. The monoisotopic (exact) mass is 338 g/mol. The van der Waals surface area contributed by atoms with Crippen LogP contribution >= 0.6 is 27.5 Å². The molecule has 0 aliphatic carbocycles. The van der Waals surface area contributed by atoms with E-state index in [4.69, 9.17) is 16.9 Å². The molecule has 0 radical (unpaired) electrons. The normalized spacial score (nSPS) is 10.0. The van der Waals surface area contributed by atoms with E-state index in [2.05, 4.69) is 21.2 Å². The molecule has 2 rings (SSSR count). The maximum atomic E-state index is 12.9. The molecule has 0 bridgehead atoms. The number of anilines is 1. The van der Waals surface area contributed by atoms with Gasteiger partial charge in [-0.25, -0.2) is 4.39 Å². The van der Waals surface area contributed by atoms with E-state index in [-0.39, 0.29) is 5.82 Å². The fourth-order valence-corrected chi connectivity index (χ4v) is 2.32. The molecule has 0 fully saturated rings. The highest BCUT2D eigenvalue weighted by Crippen LogP contribution is 2.25. The van der Waals surface area contributed by atoms with Crippen molar-refractivity contribution in [3.8, 4) is 6.07 Å². The lowest BCUT2D eigenvalue weighted by atomic mass is 10.1. The summed E-state index contributed by atoms with van der Waals surface area (Å²) in [5.41, 5.74) is 2.18. The second-order valence-corrected chi connectivity index (χ2v) is 5.16. The van der Waals surface area contributed by atoms with Crippen LogP contribution < -0.4 is 5.32 Å². The van der Waals surface area contributed by atoms with E-state index in [1.165, 1.54) is 12.1 Å².